The van der Waals surface area contributed by atoms with Crippen molar-refractivity contribution in [2.75, 3.05) is 13.1 Å². The molecule has 0 amide bonds. The molecule has 0 unspecified atom stereocenters. The maximum atomic E-state index is 12.6. The van der Waals surface area contributed by atoms with Crippen LogP contribution in [0.5, 0.6) is 5.75 Å². The number of benzene rings is 1. The lowest BCUT2D eigenvalue weighted by Crippen LogP contribution is -2.32. The van der Waals surface area contributed by atoms with Crippen LogP contribution in [0.2, 0.25) is 0 Å². The van der Waals surface area contributed by atoms with Crippen LogP contribution >= 0.6 is 0 Å². The van der Waals surface area contributed by atoms with Gasteiger partial charge in [0.25, 0.3) is 0 Å². The molecule has 122 valence electrons. The van der Waals surface area contributed by atoms with Crippen LogP contribution in [-0.4, -0.2) is 38.5 Å². The molecule has 22 heavy (non-hydrogen) atoms. The summed E-state index contributed by atoms with van der Waals surface area (Å²) in [5, 5.41) is 0. The fourth-order valence-electron chi connectivity index (χ4n) is 2.98. The van der Waals surface area contributed by atoms with E-state index in [0.717, 1.165) is 12.8 Å². The van der Waals surface area contributed by atoms with Gasteiger partial charge in [0, 0.05) is 19.1 Å². The van der Waals surface area contributed by atoms with Crippen LogP contribution in [0.3, 0.4) is 0 Å². The van der Waals surface area contributed by atoms with E-state index in [1.807, 2.05) is 0 Å². The Labute approximate surface area is 128 Å². The molecule has 8 heteroatoms. The van der Waals surface area contributed by atoms with Crippen LogP contribution in [0.4, 0.5) is 8.78 Å². The predicted molar refractivity (Wildman–Crippen MR) is 76.0 cm³/mol. The van der Waals surface area contributed by atoms with Gasteiger partial charge in [0.2, 0.25) is 10.0 Å². The van der Waals surface area contributed by atoms with Crippen LogP contribution < -0.4 is 10.5 Å². The minimum absolute atomic E-state index is 0.0667. The van der Waals surface area contributed by atoms with E-state index in [9.17, 15) is 17.2 Å². The molecule has 1 aliphatic carbocycles. The van der Waals surface area contributed by atoms with Gasteiger partial charge in [0.05, 0.1) is 4.90 Å². The second-order valence-corrected chi connectivity index (χ2v) is 7.78. The molecule has 0 bridgehead atoms. The zero-order valence-corrected chi connectivity index (χ0v) is 12.7. The number of sulfonamides is 1. The molecule has 3 rings (SSSR count). The first-order valence-corrected chi connectivity index (χ1v) is 8.62. The molecule has 1 saturated carbocycles. The number of halogens is 2. The van der Waals surface area contributed by atoms with Gasteiger partial charge in [0.1, 0.15) is 5.75 Å². The van der Waals surface area contributed by atoms with Crippen LogP contribution in [0, 0.1) is 11.8 Å². The zero-order valence-electron chi connectivity index (χ0n) is 11.9. The van der Waals surface area contributed by atoms with E-state index < -0.39 is 16.6 Å². The Kier molecular flexibility index (Phi) is 4.09. The van der Waals surface area contributed by atoms with Gasteiger partial charge in [-0.3, -0.25) is 0 Å². The summed E-state index contributed by atoms with van der Waals surface area (Å²) in [4.78, 5) is 0.0674. The molecule has 1 aliphatic heterocycles. The molecule has 1 aromatic carbocycles. The van der Waals surface area contributed by atoms with Crippen molar-refractivity contribution in [2.24, 2.45) is 17.6 Å². The molecular formula is C14H18F2N2O3S. The smallest absolute Gasteiger partial charge is 0.387 e. The van der Waals surface area contributed by atoms with Gasteiger partial charge in [-0.25, -0.2) is 8.42 Å². The SMILES string of the molecule is N[C@@H]1CN(S(=O)(=O)c2ccc(OC(F)F)cc2)C[C@H]1C1CC1. The average molecular weight is 332 g/mol. The molecule has 1 saturated heterocycles. The second kappa shape index (κ2) is 5.75. The summed E-state index contributed by atoms with van der Waals surface area (Å²) < 4.78 is 55.0. The largest absolute Gasteiger partial charge is 0.435 e. The third-order valence-electron chi connectivity index (χ3n) is 4.29. The zero-order chi connectivity index (χ0) is 15.9. The van der Waals surface area contributed by atoms with Crippen molar-refractivity contribution in [3.8, 4) is 5.75 Å². The van der Waals surface area contributed by atoms with Gasteiger partial charge in [-0.2, -0.15) is 13.1 Å². The minimum Gasteiger partial charge on any atom is -0.435 e. The summed E-state index contributed by atoms with van der Waals surface area (Å²) in [6.45, 7) is -2.19. The van der Waals surface area contributed by atoms with E-state index in [-0.39, 0.29) is 22.6 Å². The molecule has 2 fully saturated rings. The molecule has 2 aliphatic rings. The van der Waals surface area contributed by atoms with Gasteiger partial charge in [-0.05, 0) is 48.9 Å². The first-order chi connectivity index (χ1) is 10.4. The van der Waals surface area contributed by atoms with Crippen molar-refractivity contribution < 1.29 is 21.9 Å². The van der Waals surface area contributed by atoms with Gasteiger partial charge in [-0.15, -0.1) is 0 Å². The highest BCUT2D eigenvalue weighted by molar-refractivity contribution is 7.89. The van der Waals surface area contributed by atoms with Crippen LogP contribution in [0.25, 0.3) is 0 Å². The Morgan fingerprint density at radius 1 is 1.18 bits per heavy atom. The van der Waals surface area contributed by atoms with Gasteiger partial charge in [-0.1, -0.05) is 0 Å². The summed E-state index contributed by atoms with van der Waals surface area (Å²) in [5.74, 6) is 0.691. The second-order valence-electron chi connectivity index (χ2n) is 5.84. The molecule has 2 N–H and O–H groups in total. The number of nitrogens with two attached hydrogens (primary N) is 1. The quantitative estimate of drug-likeness (QED) is 0.890. The topological polar surface area (TPSA) is 72.6 Å². The molecule has 0 aromatic heterocycles. The summed E-state index contributed by atoms with van der Waals surface area (Å²) in [5.41, 5.74) is 6.05. The van der Waals surface area contributed by atoms with Crippen molar-refractivity contribution in [3.63, 3.8) is 0 Å². The minimum atomic E-state index is -3.65. The Morgan fingerprint density at radius 2 is 1.82 bits per heavy atom. The van der Waals surface area contributed by atoms with Gasteiger partial charge in [0.15, 0.2) is 0 Å². The number of hydrogen-bond donors (Lipinski definition) is 1. The molecule has 0 spiro atoms. The van der Waals surface area contributed by atoms with Crippen molar-refractivity contribution >= 4 is 10.0 Å². The van der Waals surface area contributed by atoms with Gasteiger partial charge >= 0.3 is 6.61 Å². The van der Waals surface area contributed by atoms with Crippen LogP contribution in [-0.2, 0) is 10.0 Å². The van der Waals surface area contributed by atoms with Crippen molar-refractivity contribution in [1.29, 1.82) is 0 Å². The lowest BCUT2D eigenvalue weighted by molar-refractivity contribution is -0.0498. The predicted octanol–water partition coefficient (Wildman–Crippen LogP) is 1.65. The lowest BCUT2D eigenvalue weighted by Gasteiger charge is -2.16. The first kappa shape index (κ1) is 15.6. The van der Waals surface area contributed by atoms with Crippen molar-refractivity contribution in [2.45, 2.75) is 30.4 Å². The van der Waals surface area contributed by atoms with E-state index in [4.69, 9.17) is 5.73 Å². The normalized spacial score (nSPS) is 26.5. The van der Waals surface area contributed by atoms with E-state index in [1.54, 1.807) is 0 Å². The Balaban J connectivity index is 1.75. The fraction of sp³-hybridized carbons (Fsp3) is 0.571. The third-order valence-corrected chi connectivity index (χ3v) is 6.14. The Hall–Kier alpha value is -1.25. The van der Waals surface area contributed by atoms with Crippen LogP contribution in [0.15, 0.2) is 29.2 Å². The monoisotopic (exact) mass is 332 g/mol. The Morgan fingerprint density at radius 3 is 2.36 bits per heavy atom. The summed E-state index contributed by atoms with van der Waals surface area (Å²) in [7, 11) is -3.65. The first-order valence-electron chi connectivity index (χ1n) is 7.18. The number of ether oxygens (including phenoxy) is 1. The average Bonchev–Trinajstić information content (AvgIpc) is 3.21. The number of hydrogen-bond acceptors (Lipinski definition) is 4. The van der Waals surface area contributed by atoms with Crippen molar-refractivity contribution in [1.82, 2.24) is 4.31 Å². The molecule has 1 aromatic rings. The highest BCUT2D eigenvalue weighted by atomic mass is 32.2. The highest BCUT2D eigenvalue weighted by Gasteiger charge is 2.44. The Bertz CT molecular complexity index is 632. The maximum Gasteiger partial charge on any atom is 0.387 e. The standard InChI is InChI=1S/C14H18F2N2O3S/c15-14(16)21-10-3-5-11(6-4-10)22(19,20)18-7-12(9-1-2-9)13(17)8-18/h3-6,9,12-14H,1-2,7-8,17H2/t12-,13+/m0/s1. The summed E-state index contributed by atoms with van der Waals surface area (Å²) in [6, 6.07) is 4.89. The fourth-order valence-corrected chi connectivity index (χ4v) is 4.49. The van der Waals surface area contributed by atoms with E-state index in [0.29, 0.717) is 19.0 Å². The lowest BCUT2D eigenvalue weighted by atomic mass is 9.99. The van der Waals surface area contributed by atoms with Gasteiger partial charge < -0.3 is 10.5 Å². The van der Waals surface area contributed by atoms with E-state index in [1.165, 1.54) is 28.6 Å². The molecule has 2 atom stereocenters. The molecule has 5 nitrogen and oxygen atoms in total. The third kappa shape index (κ3) is 3.09. The van der Waals surface area contributed by atoms with E-state index in [2.05, 4.69) is 4.74 Å². The molecule has 1 heterocycles. The summed E-state index contributed by atoms with van der Waals surface area (Å²) >= 11 is 0. The molecule has 0 radical (unpaired) electrons. The molecular weight excluding hydrogens is 314 g/mol. The highest BCUT2D eigenvalue weighted by Crippen LogP contribution is 2.41. The van der Waals surface area contributed by atoms with Crippen molar-refractivity contribution in [3.05, 3.63) is 24.3 Å². The number of nitrogens with zero attached hydrogens (tertiary/aromatic N) is 1. The number of alkyl halides is 2. The van der Waals surface area contributed by atoms with E-state index >= 15 is 0 Å². The number of rotatable bonds is 5. The van der Waals surface area contributed by atoms with Crippen LogP contribution in [0.1, 0.15) is 12.8 Å². The maximum absolute atomic E-state index is 12.6. The summed E-state index contributed by atoms with van der Waals surface area (Å²) in [6.07, 6.45) is 2.23.